The SMILES string of the molecule is NCCC/C(=N/Nc1ccccc1)C(F)(F)F. The lowest BCUT2D eigenvalue weighted by Crippen LogP contribution is -2.25. The van der Waals surface area contributed by atoms with E-state index in [2.05, 4.69) is 10.5 Å². The number of hydrogen-bond acceptors (Lipinski definition) is 3. The largest absolute Gasteiger partial charge is 0.431 e. The molecule has 0 radical (unpaired) electrons. The van der Waals surface area contributed by atoms with E-state index < -0.39 is 11.9 Å². The fourth-order valence-corrected chi connectivity index (χ4v) is 1.18. The molecular weight excluding hydrogens is 231 g/mol. The van der Waals surface area contributed by atoms with Crippen LogP contribution in [0.3, 0.4) is 0 Å². The van der Waals surface area contributed by atoms with E-state index in [0.29, 0.717) is 5.69 Å². The first-order valence-electron chi connectivity index (χ1n) is 5.19. The van der Waals surface area contributed by atoms with Crippen LogP contribution in [0.2, 0.25) is 0 Å². The molecule has 0 saturated carbocycles. The third-order valence-corrected chi connectivity index (χ3v) is 2.04. The van der Waals surface area contributed by atoms with Gasteiger partial charge >= 0.3 is 6.18 Å². The van der Waals surface area contributed by atoms with Gasteiger partial charge in [-0.05, 0) is 31.5 Å². The molecule has 1 rings (SSSR count). The van der Waals surface area contributed by atoms with E-state index >= 15 is 0 Å². The van der Waals surface area contributed by atoms with E-state index in [0.717, 1.165) is 0 Å². The zero-order valence-electron chi connectivity index (χ0n) is 9.17. The Hall–Kier alpha value is -1.56. The predicted molar refractivity (Wildman–Crippen MR) is 61.8 cm³/mol. The van der Waals surface area contributed by atoms with Gasteiger partial charge in [0.25, 0.3) is 0 Å². The lowest BCUT2D eigenvalue weighted by molar-refractivity contribution is -0.0606. The number of rotatable bonds is 5. The second kappa shape index (κ2) is 6.24. The summed E-state index contributed by atoms with van der Waals surface area (Å²) >= 11 is 0. The van der Waals surface area contributed by atoms with Gasteiger partial charge in [-0.2, -0.15) is 18.3 Å². The van der Waals surface area contributed by atoms with Crippen molar-refractivity contribution in [1.82, 2.24) is 0 Å². The van der Waals surface area contributed by atoms with Crippen LogP contribution in [0, 0.1) is 0 Å². The molecule has 3 N–H and O–H groups in total. The Bertz CT molecular complexity index is 360. The van der Waals surface area contributed by atoms with Gasteiger partial charge in [0.1, 0.15) is 5.71 Å². The summed E-state index contributed by atoms with van der Waals surface area (Å²) in [4.78, 5) is 0. The number of nitrogens with zero attached hydrogens (tertiary/aromatic N) is 1. The van der Waals surface area contributed by atoms with E-state index in [-0.39, 0.29) is 19.4 Å². The summed E-state index contributed by atoms with van der Waals surface area (Å²) in [6.45, 7) is 0.209. The van der Waals surface area contributed by atoms with Crippen molar-refractivity contribution in [3.8, 4) is 0 Å². The van der Waals surface area contributed by atoms with Crippen molar-refractivity contribution in [2.75, 3.05) is 12.0 Å². The minimum Gasteiger partial charge on any atom is -0.330 e. The highest BCUT2D eigenvalue weighted by Gasteiger charge is 2.35. The maximum absolute atomic E-state index is 12.5. The summed E-state index contributed by atoms with van der Waals surface area (Å²) in [5, 5.41) is 3.39. The quantitative estimate of drug-likeness (QED) is 0.619. The topological polar surface area (TPSA) is 50.4 Å². The van der Waals surface area contributed by atoms with E-state index in [1.54, 1.807) is 30.3 Å². The molecule has 0 unspecified atom stereocenters. The number of alkyl halides is 3. The molecule has 0 fully saturated rings. The molecule has 0 spiro atoms. The average molecular weight is 245 g/mol. The first-order chi connectivity index (χ1) is 8.04. The molecule has 0 atom stereocenters. The summed E-state index contributed by atoms with van der Waals surface area (Å²) in [5.41, 5.74) is 7.25. The van der Waals surface area contributed by atoms with Crippen molar-refractivity contribution in [3.05, 3.63) is 30.3 Å². The number of halogens is 3. The van der Waals surface area contributed by atoms with Gasteiger partial charge < -0.3 is 5.73 Å². The molecule has 0 aliphatic heterocycles. The van der Waals surface area contributed by atoms with Crippen LogP contribution in [0.5, 0.6) is 0 Å². The number of para-hydroxylation sites is 1. The molecule has 0 amide bonds. The van der Waals surface area contributed by atoms with Gasteiger partial charge in [-0.1, -0.05) is 18.2 Å². The number of benzene rings is 1. The third kappa shape index (κ3) is 4.86. The molecule has 3 nitrogen and oxygen atoms in total. The summed E-state index contributed by atoms with van der Waals surface area (Å²) < 4.78 is 37.6. The van der Waals surface area contributed by atoms with Gasteiger partial charge in [0.05, 0.1) is 5.69 Å². The van der Waals surface area contributed by atoms with Crippen molar-refractivity contribution in [2.45, 2.75) is 19.0 Å². The van der Waals surface area contributed by atoms with Gasteiger partial charge in [0.15, 0.2) is 0 Å². The standard InChI is InChI=1S/C11H14F3N3/c12-11(13,14)10(7-4-8-15)17-16-9-5-2-1-3-6-9/h1-3,5-6,16H,4,7-8,15H2/b17-10-. The molecule has 17 heavy (non-hydrogen) atoms. The second-order valence-electron chi connectivity index (χ2n) is 3.43. The van der Waals surface area contributed by atoms with Crippen LogP contribution >= 0.6 is 0 Å². The molecule has 0 saturated heterocycles. The van der Waals surface area contributed by atoms with E-state index in [4.69, 9.17) is 5.73 Å². The van der Waals surface area contributed by atoms with E-state index in [1.807, 2.05) is 0 Å². The van der Waals surface area contributed by atoms with Crippen LogP contribution in [-0.4, -0.2) is 18.4 Å². The molecule has 0 aromatic heterocycles. The monoisotopic (exact) mass is 245 g/mol. The van der Waals surface area contributed by atoms with Crippen LogP contribution in [0.15, 0.2) is 35.4 Å². The highest BCUT2D eigenvalue weighted by molar-refractivity contribution is 5.90. The Balaban J connectivity index is 2.70. The number of nitrogens with two attached hydrogens (primary N) is 1. The first-order valence-corrected chi connectivity index (χ1v) is 5.19. The molecule has 1 aromatic rings. The van der Waals surface area contributed by atoms with Gasteiger partial charge in [0.2, 0.25) is 0 Å². The molecule has 0 aliphatic rings. The lowest BCUT2D eigenvalue weighted by Gasteiger charge is -2.10. The molecule has 0 bridgehead atoms. The number of hydrazone groups is 1. The average Bonchev–Trinajstić information content (AvgIpc) is 2.29. The number of anilines is 1. The fourth-order valence-electron chi connectivity index (χ4n) is 1.18. The zero-order valence-corrected chi connectivity index (χ0v) is 9.17. The maximum atomic E-state index is 12.5. The van der Waals surface area contributed by atoms with Gasteiger partial charge in [-0.3, -0.25) is 5.43 Å². The van der Waals surface area contributed by atoms with Crippen LogP contribution in [0.25, 0.3) is 0 Å². The predicted octanol–water partition coefficient (Wildman–Crippen LogP) is 2.76. The summed E-state index contributed by atoms with van der Waals surface area (Å²) in [6.07, 6.45) is -4.34. The van der Waals surface area contributed by atoms with Gasteiger partial charge in [0, 0.05) is 0 Å². The molecule has 94 valence electrons. The lowest BCUT2D eigenvalue weighted by atomic mass is 10.2. The van der Waals surface area contributed by atoms with Crippen molar-refractivity contribution < 1.29 is 13.2 Å². The third-order valence-electron chi connectivity index (χ3n) is 2.04. The molecule has 0 heterocycles. The van der Waals surface area contributed by atoms with E-state index in [9.17, 15) is 13.2 Å². The zero-order chi connectivity index (χ0) is 12.7. The summed E-state index contributed by atoms with van der Waals surface area (Å²) in [5.74, 6) is 0. The summed E-state index contributed by atoms with van der Waals surface area (Å²) in [7, 11) is 0. The van der Waals surface area contributed by atoms with Crippen molar-refractivity contribution in [3.63, 3.8) is 0 Å². The fraction of sp³-hybridized carbons (Fsp3) is 0.364. The van der Waals surface area contributed by atoms with Crippen LogP contribution < -0.4 is 11.2 Å². The Kier molecular flexibility index (Phi) is 4.96. The Morgan fingerprint density at radius 2 is 1.88 bits per heavy atom. The van der Waals surface area contributed by atoms with Crippen molar-refractivity contribution in [1.29, 1.82) is 0 Å². The normalized spacial score (nSPS) is 12.6. The van der Waals surface area contributed by atoms with Gasteiger partial charge in [-0.25, -0.2) is 0 Å². The number of nitrogens with one attached hydrogen (secondary N) is 1. The smallest absolute Gasteiger partial charge is 0.330 e. The molecular formula is C11H14F3N3. The minimum absolute atomic E-state index is 0.181. The Morgan fingerprint density at radius 1 is 1.24 bits per heavy atom. The van der Waals surface area contributed by atoms with Crippen molar-refractivity contribution in [2.24, 2.45) is 10.8 Å². The molecule has 6 heteroatoms. The van der Waals surface area contributed by atoms with Crippen molar-refractivity contribution >= 4 is 11.4 Å². The van der Waals surface area contributed by atoms with Crippen LogP contribution in [0.4, 0.5) is 18.9 Å². The Morgan fingerprint density at radius 3 is 2.41 bits per heavy atom. The van der Waals surface area contributed by atoms with Gasteiger partial charge in [-0.15, -0.1) is 0 Å². The minimum atomic E-state index is -4.42. The molecule has 0 aliphatic carbocycles. The second-order valence-corrected chi connectivity index (χ2v) is 3.43. The van der Waals surface area contributed by atoms with Crippen LogP contribution in [0.1, 0.15) is 12.8 Å². The van der Waals surface area contributed by atoms with E-state index in [1.165, 1.54) is 0 Å². The maximum Gasteiger partial charge on any atom is 0.431 e. The van der Waals surface area contributed by atoms with Crippen LogP contribution in [-0.2, 0) is 0 Å². The highest BCUT2D eigenvalue weighted by Crippen LogP contribution is 2.20. The highest BCUT2D eigenvalue weighted by atomic mass is 19.4. The Labute approximate surface area is 97.5 Å². The summed E-state index contributed by atoms with van der Waals surface area (Å²) in [6, 6.07) is 8.48. The number of hydrogen-bond donors (Lipinski definition) is 2. The first kappa shape index (κ1) is 13.5. The molecule has 1 aromatic carbocycles.